The van der Waals surface area contributed by atoms with Crippen LogP contribution in [0.2, 0.25) is 0 Å². The molecule has 1 fully saturated rings. The van der Waals surface area contributed by atoms with Crippen LogP contribution in [0.3, 0.4) is 0 Å². The zero-order valence-electron chi connectivity index (χ0n) is 10.2. The Morgan fingerprint density at radius 2 is 2.35 bits per heavy atom. The first-order chi connectivity index (χ1) is 8.09. The standard InChI is InChI=1S/C11H21N3O3/c1-8(9-3-2-4-13-6-9)5-11(16)14-17-7-10(12)15/h8-9,13H,2-7H2,1H3,(H2,12,15)(H,14,16). The Hall–Kier alpha value is -1.14. The number of hydroxylamine groups is 1. The highest BCUT2D eigenvalue weighted by Crippen LogP contribution is 2.22. The first kappa shape index (κ1) is 13.9. The predicted octanol–water partition coefficient (Wildman–Crippen LogP) is -0.455. The molecule has 0 bridgehead atoms. The summed E-state index contributed by atoms with van der Waals surface area (Å²) in [7, 11) is 0. The van der Waals surface area contributed by atoms with Crippen LogP contribution in [0.5, 0.6) is 0 Å². The van der Waals surface area contributed by atoms with Crippen LogP contribution in [0.4, 0.5) is 0 Å². The topological polar surface area (TPSA) is 93.4 Å². The molecule has 0 radical (unpaired) electrons. The van der Waals surface area contributed by atoms with E-state index in [9.17, 15) is 9.59 Å². The number of hydrogen-bond acceptors (Lipinski definition) is 4. The van der Waals surface area contributed by atoms with E-state index in [1.807, 2.05) is 0 Å². The molecule has 0 aromatic carbocycles. The molecule has 4 N–H and O–H groups in total. The predicted molar refractivity (Wildman–Crippen MR) is 62.7 cm³/mol. The SMILES string of the molecule is CC(CC(=O)NOCC(N)=O)C1CCCNC1. The third-order valence-electron chi connectivity index (χ3n) is 3.05. The van der Waals surface area contributed by atoms with E-state index in [0.29, 0.717) is 18.3 Å². The monoisotopic (exact) mass is 243 g/mol. The molecule has 98 valence electrons. The van der Waals surface area contributed by atoms with Crippen LogP contribution in [-0.4, -0.2) is 31.5 Å². The van der Waals surface area contributed by atoms with Crippen molar-refractivity contribution < 1.29 is 14.4 Å². The average molecular weight is 243 g/mol. The fourth-order valence-electron chi connectivity index (χ4n) is 2.05. The van der Waals surface area contributed by atoms with Crippen molar-refractivity contribution in [1.29, 1.82) is 0 Å². The normalized spacial score (nSPS) is 21.8. The molecule has 1 heterocycles. The second kappa shape index (κ2) is 7.24. The van der Waals surface area contributed by atoms with Crippen LogP contribution in [0.15, 0.2) is 0 Å². The van der Waals surface area contributed by atoms with Crippen molar-refractivity contribution in [3.05, 3.63) is 0 Å². The summed E-state index contributed by atoms with van der Waals surface area (Å²) >= 11 is 0. The third-order valence-corrected chi connectivity index (χ3v) is 3.05. The minimum atomic E-state index is -0.602. The minimum Gasteiger partial charge on any atom is -0.368 e. The lowest BCUT2D eigenvalue weighted by molar-refractivity contribution is -0.138. The van der Waals surface area contributed by atoms with Crippen LogP contribution in [0.1, 0.15) is 26.2 Å². The van der Waals surface area contributed by atoms with Gasteiger partial charge in [-0.05, 0) is 37.8 Å². The van der Waals surface area contributed by atoms with Gasteiger partial charge in [0, 0.05) is 6.42 Å². The van der Waals surface area contributed by atoms with E-state index in [2.05, 4.69) is 22.6 Å². The minimum absolute atomic E-state index is 0.204. The summed E-state index contributed by atoms with van der Waals surface area (Å²) in [6, 6.07) is 0. The molecule has 0 saturated carbocycles. The van der Waals surface area contributed by atoms with E-state index < -0.39 is 5.91 Å². The quantitative estimate of drug-likeness (QED) is 0.551. The molecule has 0 spiro atoms. The molecule has 1 rings (SSSR count). The van der Waals surface area contributed by atoms with Crippen molar-refractivity contribution in [2.45, 2.75) is 26.2 Å². The van der Waals surface area contributed by atoms with Gasteiger partial charge in [-0.25, -0.2) is 5.48 Å². The fourth-order valence-corrected chi connectivity index (χ4v) is 2.05. The summed E-state index contributed by atoms with van der Waals surface area (Å²) in [6.07, 6.45) is 2.73. The van der Waals surface area contributed by atoms with Crippen LogP contribution in [-0.2, 0) is 14.4 Å². The molecule has 2 unspecified atom stereocenters. The number of rotatable bonds is 6. The Balaban J connectivity index is 2.18. The first-order valence-corrected chi connectivity index (χ1v) is 5.99. The van der Waals surface area contributed by atoms with Gasteiger partial charge in [-0.1, -0.05) is 6.92 Å². The van der Waals surface area contributed by atoms with E-state index in [0.717, 1.165) is 25.9 Å². The van der Waals surface area contributed by atoms with Gasteiger partial charge >= 0.3 is 0 Å². The number of carbonyl (C=O) groups excluding carboxylic acids is 2. The molecule has 0 aromatic heterocycles. The van der Waals surface area contributed by atoms with Gasteiger partial charge < -0.3 is 11.1 Å². The highest BCUT2D eigenvalue weighted by Gasteiger charge is 2.21. The summed E-state index contributed by atoms with van der Waals surface area (Å²) in [5, 5.41) is 3.32. The average Bonchev–Trinajstić information content (AvgIpc) is 2.29. The molecular weight excluding hydrogens is 222 g/mol. The van der Waals surface area contributed by atoms with Crippen LogP contribution in [0, 0.1) is 11.8 Å². The van der Waals surface area contributed by atoms with Crippen LogP contribution < -0.4 is 16.5 Å². The second-order valence-corrected chi connectivity index (χ2v) is 4.57. The van der Waals surface area contributed by atoms with Crippen molar-refractivity contribution in [3.63, 3.8) is 0 Å². The van der Waals surface area contributed by atoms with Gasteiger partial charge in [0.25, 0.3) is 0 Å². The highest BCUT2D eigenvalue weighted by molar-refractivity contribution is 5.77. The fraction of sp³-hybridized carbons (Fsp3) is 0.818. The lowest BCUT2D eigenvalue weighted by Crippen LogP contribution is -2.36. The Bertz CT molecular complexity index is 265. The van der Waals surface area contributed by atoms with E-state index in [-0.39, 0.29) is 12.5 Å². The van der Waals surface area contributed by atoms with Gasteiger partial charge in [-0.15, -0.1) is 0 Å². The molecule has 0 aliphatic carbocycles. The van der Waals surface area contributed by atoms with Crippen molar-refractivity contribution >= 4 is 11.8 Å². The van der Waals surface area contributed by atoms with E-state index in [1.54, 1.807) is 0 Å². The highest BCUT2D eigenvalue weighted by atomic mass is 16.7. The van der Waals surface area contributed by atoms with Crippen molar-refractivity contribution in [2.24, 2.45) is 17.6 Å². The van der Waals surface area contributed by atoms with Crippen LogP contribution in [0.25, 0.3) is 0 Å². The van der Waals surface area contributed by atoms with Gasteiger partial charge in [0.1, 0.15) is 0 Å². The summed E-state index contributed by atoms with van der Waals surface area (Å²) in [6.45, 7) is 3.81. The van der Waals surface area contributed by atoms with Gasteiger partial charge in [0.15, 0.2) is 6.61 Å². The van der Waals surface area contributed by atoms with Gasteiger partial charge in [-0.3, -0.25) is 14.4 Å². The molecule has 17 heavy (non-hydrogen) atoms. The number of piperidine rings is 1. The zero-order valence-corrected chi connectivity index (χ0v) is 10.2. The van der Waals surface area contributed by atoms with Crippen molar-refractivity contribution in [3.8, 4) is 0 Å². The lowest BCUT2D eigenvalue weighted by Gasteiger charge is -2.27. The number of amides is 2. The first-order valence-electron chi connectivity index (χ1n) is 5.99. The van der Waals surface area contributed by atoms with E-state index in [1.165, 1.54) is 0 Å². The molecule has 1 saturated heterocycles. The summed E-state index contributed by atoms with van der Waals surface area (Å²) < 4.78 is 0. The van der Waals surface area contributed by atoms with Gasteiger partial charge in [0.05, 0.1) is 0 Å². The third kappa shape index (κ3) is 5.65. The Kier molecular flexibility index (Phi) is 5.93. The summed E-state index contributed by atoms with van der Waals surface area (Å²) in [5.41, 5.74) is 7.10. The molecule has 2 atom stereocenters. The largest absolute Gasteiger partial charge is 0.368 e. The molecule has 2 amide bonds. The number of carbonyl (C=O) groups is 2. The lowest BCUT2D eigenvalue weighted by atomic mass is 9.85. The van der Waals surface area contributed by atoms with E-state index in [4.69, 9.17) is 5.73 Å². The maximum Gasteiger partial charge on any atom is 0.246 e. The number of hydrogen-bond donors (Lipinski definition) is 3. The zero-order chi connectivity index (χ0) is 12.7. The Morgan fingerprint density at radius 1 is 1.59 bits per heavy atom. The van der Waals surface area contributed by atoms with E-state index >= 15 is 0 Å². The maximum absolute atomic E-state index is 11.5. The maximum atomic E-state index is 11.5. The van der Waals surface area contributed by atoms with Gasteiger partial charge in [-0.2, -0.15) is 0 Å². The molecule has 6 nitrogen and oxygen atoms in total. The number of nitrogens with two attached hydrogens (primary N) is 1. The van der Waals surface area contributed by atoms with Crippen molar-refractivity contribution in [1.82, 2.24) is 10.8 Å². The van der Waals surface area contributed by atoms with Crippen molar-refractivity contribution in [2.75, 3.05) is 19.7 Å². The molecule has 0 aromatic rings. The summed E-state index contributed by atoms with van der Waals surface area (Å²) in [5.74, 6) is 0.0322. The van der Waals surface area contributed by atoms with Gasteiger partial charge in [0.2, 0.25) is 11.8 Å². The Labute approximate surface area is 101 Å². The molecular formula is C11H21N3O3. The molecule has 1 aliphatic heterocycles. The smallest absolute Gasteiger partial charge is 0.246 e. The number of primary amides is 1. The van der Waals surface area contributed by atoms with Crippen LogP contribution >= 0.6 is 0 Å². The Morgan fingerprint density at radius 3 is 2.94 bits per heavy atom. The molecule has 6 heteroatoms. The summed E-state index contributed by atoms with van der Waals surface area (Å²) in [4.78, 5) is 26.5. The molecule has 1 aliphatic rings. The number of nitrogens with one attached hydrogen (secondary N) is 2. The second-order valence-electron chi connectivity index (χ2n) is 4.57.